The molecule has 74 heavy (non-hydrogen) atoms. The molecule has 2 unspecified atom stereocenters. The Morgan fingerprint density at radius 2 is 1.14 bits per heavy atom. The molecule has 1 aromatic heterocycles. The maximum Gasteiger partial charge on any atom is 0.330 e. The first kappa shape index (κ1) is 59.3. The first-order chi connectivity index (χ1) is 35.5. The number of hydrazone groups is 1. The summed E-state index contributed by atoms with van der Waals surface area (Å²) in [7, 11) is 0. The van der Waals surface area contributed by atoms with Crippen LogP contribution in [0.3, 0.4) is 0 Å². The molecular formula is C54H67Cl2F2N3O12S. The molecule has 0 aliphatic heterocycles. The van der Waals surface area contributed by atoms with Gasteiger partial charge >= 0.3 is 40.5 Å². The molecular weight excluding hydrogens is 1020 g/mol. The van der Waals surface area contributed by atoms with Crippen LogP contribution in [-0.4, -0.2) is 91.3 Å². The zero-order chi connectivity index (χ0) is 53.5. The maximum atomic E-state index is 16.7. The first-order valence-electron chi connectivity index (χ1n) is 25.2. The lowest BCUT2D eigenvalue weighted by atomic mass is 9.81. The van der Waals surface area contributed by atoms with Crippen molar-refractivity contribution in [3.05, 3.63) is 85.5 Å². The van der Waals surface area contributed by atoms with Crippen molar-refractivity contribution < 1.29 is 65.9 Å². The second kappa shape index (κ2) is 30.1. The Hall–Kier alpha value is -5.59. The highest BCUT2D eigenvalue weighted by Crippen LogP contribution is 2.45. The van der Waals surface area contributed by atoms with Gasteiger partial charge in [-0.25, -0.2) is 24.4 Å². The first-order valence-corrected chi connectivity index (χ1v) is 26.8. The molecule has 2 fully saturated rings. The Balaban J connectivity index is 1.29. The number of carbonyl (C=O) groups is 5. The van der Waals surface area contributed by atoms with Crippen molar-refractivity contribution in [2.75, 3.05) is 44.6 Å². The quantitative estimate of drug-likeness (QED) is 0.0113. The Bertz CT molecular complexity index is 2400. The third-order valence-corrected chi connectivity index (χ3v) is 14.5. The number of hydrogen-bond acceptors (Lipinski definition) is 16. The number of hydrogen-bond donors (Lipinski definition) is 0. The number of nitrogens with zero attached hydrogens (tertiary/aromatic N) is 3. The molecule has 2 saturated carbocycles. The lowest BCUT2D eigenvalue weighted by molar-refractivity contribution is -0.152. The zero-order valence-electron chi connectivity index (χ0n) is 41.9. The Labute approximate surface area is 445 Å². The van der Waals surface area contributed by atoms with Gasteiger partial charge in [-0.3, -0.25) is 9.59 Å². The summed E-state index contributed by atoms with van der Waals surface area (Å²) < 4.78 is 71.9. The van der Waals surface area contributed by atoms with E-state index in [9.17, 15) is 24.0 Å². The van der Waals surface area contributed by atoms with Gasteiger partial charge in [-0.05, 0) is 162 Å². The lowest BCUT2D eigenvalue weighted by Gasteiger charge is -2.34. The highest BCUT2D eigenvalue weighted by atomic mass is 35.5. The van der Waals surface area contributed by atoms with E-state index in [1.54, 1.807) is 5.01 Å². The minimum atomic E-state index is -2.73. The molecule has 0 radical (unpaired) electrons. The number of anilines is 1. The van der Waals surface area contributed by atoms with Gasteiger partial charge in [0.05, 0.1) is 61.3 Å². The van der Waals surface area contributed by atoms with E-state index in [2.05, 4.69) is 19.7 Å². The predicted molar refractivity (Wildman–Crippen MR) is 280 cm³/mol. The highest BCUT2D eigenvalue weighted by Gasteiger charge is 2.45. The van der Waals surface area contributed by atoms with E-state index >= 15 is 8.78 Å². The number of aryl methyl sites for hydroxylation is 1. The van der Waals surface area contributed by atoms with Crippen molar-refractivity contribution in [2.24, 2.45) is 28.8 Å². The topological polar surface area (TPSA) is 178 Å². The molecule has 20 heteroatoms. The summed E-state index contributed by atoms with van der Waals surface area (Å²) in [6.07, 6.45) is 11.8. The summed E-state index contributed by atoms with van der Waals surface area (Å²) in [6.45, 7) is 13.5. The largest absolute Gasteiger partial charge is 0.465 e. The molecule has 0 saturated heterocycles. The van der Waals surface area contributed by atoms with E-state index in [0.29, 0.717) is 75.9 Å². The smallest absolute Gasteiger partial charge is 0.330 e. The van der Waals surface area contributed by atoms with E-state index in [1.165, 1.54) is 35.8 Å². The van der Waals surface area contributed by atoms with E-state index in [0.717, 1.165) is 46.8 Å². The Kier molecular flexibility index (Phi) is 24.1. The van der Waals surface area contributed by atoms with Crippen LogP contribution in [0.15, 0.2) is 79.5 Å². The molecule has 2 atom stereocenters. The number of fused-ring (bicyclic) bond motifs is 1. The van der Waals surface area contributed by atoms with Gasteiger partial charge in [0, 0.05) is 42.2 Å². The fraction of sp³-hybridized carbons (Fsp3) is 0.537. The van der Waals surface area contributed by atoms with Crippen LogP contribution >= 0.6 is 34.5 Å². The summed E-state index contributed by atoms with van der Waals surface area (Å²) in [5, 5.41) is 1.73. The second-order valence-electron chi connectivity index (χ2n) is 18.2. The van der Waals surface area contributed by atoms with Crippen molar-refractivity contribution in [3.8, 4) is 11.5 Å². The molecule has 0 amide bonds. The standard InChI is InChI=1S/C54H67Cl2F2N3O12S/c1-5-47(62)67-29-11-9-8-10-28-61(52-60-44-34-37(4)16-27-46(44)74-52)59-36-40-35-43(72-53(55,57)41-21-17-38(18-22-41)50(65)70-32-14-12-30-68-48(63)6-2)25-26-45(40)73-54(56,58)42-23-19-39(20-24-42)51(66)71-33-15-13-31-69-49(64)7-3/h5-7,16,25-27,34-36,38-39,41-42H,1-3,8-15,17-24,28-33H2,4H3/b59-36+. The number of unbranched alkanes of at least 4 members (excludes halogenated alkanes) is 5. The third kappa shape index (κ3) is 19.3. The number of carbonyl (C=O) groups excluding carboxylic acids is 5. The van der Waals surface area contributed by atoms with Gasteiger partial charge in [-0.2, -0.15) is 13.9 Å². The van der Waals surface area contributed by atoms with Crippen molar-refractivity contribution >= 4 is 85.9 Å². The number of ether oxygens (including phenoxy) is 7. The third-order valence-electron chi connectivity index (χ3n) is 12.7. The number of aromatic nitrogens is 1. The number of esters is 5. The highest BCUT2D eigenvalue weighted by molar-refractivity contribution is 7.22. The van der Waals surface area contributed by atoms with Gasteiger partial charge < -0.3 is 33.2 Å². The van der Waals surface area contributed by atoms with Crippen molar-refractivity contribution in [1.29, 1.82) is 0 Å². The van der Waals surface area contributed by atoms with Gasteiger partial charge in [0.15, 0.2) is 0 Å². The Morgan fingerprint density at radius 1 is 0.662 bits per heavy atom. The molecule has 404 valence electrons. The van der Waals surface area contributed by atoms with E-state index in [1.807, 2.05) is 25.1 Å². The van der Waals surface area contributed by atoms with E-state index in [4.69, 9.17) is 66.4 Å². The number of thiazole rings is 1. The van der Waals surface area contributed by atoms with E-state index < -0.39 is 58.2 Å². The minimum Gasteiger partial charge on any atom is -0.465 e. The monoisotopic (exact) mass is 1090 g/mol. The molecule has 1 heterocycles. The molecule has 2 aliphatic carbocycles. The molecule has 15 nitrogen and oxygen atoms in total. The van der Waals surface area contributed by atoms with Crippen molar-refractivity contribution in [3.63, 3.8) is 0 Å². The van der Waals surface area contributed by atoms with Gasteiger partial charge in [0.25, 0.3) is 0 Å². The van der Waals surface area contributed by atoms with Crippen molar-refractivity contribution in [1.82, 2.24) is 4.98 Å². The van der Waals surface area contributed by atoms with Crippen LogP contribution in [0.4, 0.5) is 13.9 Å². The van der Waals surface area contributed by atoms with Gasteiger partial charge in [0.1, 0.15) is 11.5 Å². The SMILES string of the molecule is C=CC(=O)OCCCCCCN(/N=C/c1cc(OC(F)(Cl)C2CCC(C(=O)OCCCCOC(=O)C=C)CC2)ccc1OC(F)(Cl)C1CCC(C(=O)OCCCCOC(=O)C=C)CC1)c1nc2cc(C)ccc2s1. The summed E-state index contributed by atoms with van der Waals surface area (Å²) in [4.78, 5) is 64.5. The number of alkyl halides is 4. The zero-order valence-corrected chi connectivity index (χ0v) is 44.2. The predicted octanol–water partition coefficient (Wildman–Crippen LogP) is 11.9. The molecule has 0 bridgehead atoms. The summed E-state index contributed by atoms with van der Waals surface area (Å²) in [5.74, 6) is -4.85. The van der Waals surface area contributed by atoms with Crippen LogP contribution in [-0.2, 0) is 47.7 Å². The average Bonchev–Trinajstić information content (AvgIpc) is 3.82. The van der Waals surface area contributed by atoms with Gasteiger partial charge in [0.2, 0.25) is 5.13 Å². The van der Waals surface area contributed by atoms with Gasteiger partial charge in [-0.1, -0.05) is 43.6 Å². The second-order valence-corrected chi connectivity index (χ2v) is 20.3. The van der Waals surface area contributed by atoms with Crippen LogP contribution in [0.5, 0.6) is 11.5 Å². The van der Waals surface area contributed by atoms with E-state index in [-0.39, 0.29) is 81.7 Å². The van der Waals surface area contributed by atoms with Crippen molar-refractivity contribution in [2.45, 2.75) is 120 Å². The molecule has 2 aliphatic rings. The number of halogens is 4. The Morgan fingerprint density at radius 3 is 1.65 bits per heavy atom. The molecule has 0 spiro atoms. The number of benzene rings is 2. The normalized spacial score (nSPS) is 19.3. The lowest BCUT2D eigenvalue weighted by Crippen LogP contribution is -2.38. The van der Waals surface area contributed by atoms with Gasteiger partial charge in [-0.15, -0.1) is 0 Å². The molecule has 0 N–H and O–H groups in total. The van der Waals surface area contributed by atoms with Crippen LogP contribution < -0.4 is 14.5 Å². The molecule has 3 aromatic rings. The van der Waals surface area contributed by atoms with Crippen LogP contribution in [0.1, 0.15) is 114 Å². The summed E-state index contributed by atoms with van der Waals surface area (Å²) >= 11 is 14.6. The average molecular weight is 1090 g/mol. The van der Waals surface area contributed by atoms with Crippen LogP contribution in [0.2, 0.25) is 0 Å². The fourth-order valence-corrected chi connectivity index (χ4v) is 10.00. The maximum absolute atomic E-state index is 16.7. The summed E-state index contributed by atoms with van der Waals surface area (Å²) in [5.41, 5.74) is 2.01. The molecule has 5 rings (SSSR count). The summed E-state index contributed by atoms with van der Waals surface area (Å²) in [6, 6.07) is 10.2. The molecule has 2 aromatic carbocycles. The number of rotatable bonds is 31. The minimum absolute atomic E-state index is 0.00778. The fourth-order valence-electron chi connectivity index (χ4n) is 8.46. The van der Waals surface area contributed by atoms with Crippen LogP contribution in [0.25, 0.3) is 10.2 Å². The van der Waals surface area contributed by atoms with Crippen LogP contribution in [0, 0.1) is 30.6 Å².